The third kappa shape index (κ3) is 18.7. The van der Waals surface area contributed by atoms with E-state index in [1.807, 2.05) is 0 Å². The van der Waals surface area contributed by atoms with Crippen LogP contribution in [0.25, 0.3) is 0 Å². The molecule has 0 saturated carbocycles. The monoisotopic (exact) mass is 831 g/mol. The van der Waals surface area contributed by atoms with Crippen LogP contribution in [0.4, 0.5) is 0 Å². The number of carboxylic acid groups (broad SMARTS) is 1. The number of fused-ring (bicyclic) bond motifs is 1. The molecule has 0 aromatic heterocycles. The van der Waals surface area contributed by atoms with Crippen molar-refractivity contribution in [1.29, 1.82) is 0 Å². The summed E-state index contributed by atoms with van der Waals surface area (Å²) in [6.07, 6.45) is -1.54. The van der Waals surface area contributed by atoms with E-state index in [1.54, 1.807) is 0 Å². The summed E-state index contributed by atoms with van der Waals surface area (Å²) >= 11 is 0. The second-order valence-corrected chi connectivity index (χ2v) is 13.0. The number of hydrogen-bond acceptors (Lipinski definition) is 19. The van der Waals surface area contributed by atoms with Gasteiger partial charge < -0.3 is 49.7 Å². The summed E-state index contributed by atoms with van der Waals surface area (Å²) in [7, 11) is -21.4. The van der Waals surface area contributed by atoms with Crippen LogP contribution in [-0.4, -0.2) is 74.7 Å². The molecule has 1 aliphatic heterocycles. The predicted molar refractivity (Wildman–Crippen MR) is 135 cm³/mol. The molecule has 250 valence electrons. The van der Waals surface area contributed by atoms with Crippen molar-refractivity contribution in [2.75, 3.05) is 0 Å². The van der Waals surface area contributed by atoms with Crippen LogP contribution in [0.2, 0.25) is 0 Å². The maximum absolute atomic E-state index is 13.1. The van der Waals surface area contributed by atoms with E-state index in [0.29, 0.717) is 4.90 Å². The molecule has 1 unspecified atom stereocenters. The predicted octanol–water partition coefficient (Wildman–Crippen LogP) is -17.5. The number of aryl methyl sites for hydroxylation is 1. The minimum Gasteiger partial charge on any atom is -0.716 e. The molecule has 1 heterocycles. The van der Waals surface area contributed by atoms with Gasteiger partial charge in [-0.1, -0.05) is 0 Å². The Morgan fingerprint density at radius 3 is 1.56 bits per heavy atom. The number of benzene rings is 2. The molecule has 0 spiro atoms. The fourth-order valence-electron chi connectivity index (χ4n) is 4.33. The van der Waals surface area contributed by atoms with E-state index < -0.39 is 102 Å². The Morgan fingerprint density at radius 1 is 0.660 bits per heavy atom. The van der Waals surface area contributed by atoms with E-state index >= 15 is 0 Å². The van der Waals surface area contributed by atoms with E-state index in [1.165, 1.54) is 0 Å². The molecular weight excluding hydrogens is 813 g/mol. The largest absolute Gasteiger partial charge is 1.00 e. The van der Waals surface area contributed by atoms with E-state index in [9.17, 15) is 66.6 Å². The maximum Gasteiger partial charge on any atom is 1.00 e. The first-order valence-electron chi connectivity index (χ1n) is 11.9. The zero-order chi connectivity index (χ0) is 34.0. The molecule has 2 aromatic carbocycles. The van der Waals surface area contributed by atoms with Crippen LogP contribution in [0.5, 0.6) is 23.0 Å². The number of nitrogens with zero attached hydrogens (tertiary/aromatic N) is 1. The van der Waals surface area contributed by atoms with Crippen LogP contribution < -0.4 is 170 Å². The first kappa shape index (κ1) is 55.6. The number of carboxylic acids is 1. The molecule has 0 aliphatic carbocycles. The topological polar surface area (TPSA) is 326 Å². The molecule has 20 nitrogen and oxygen atoms in total. The molecule has 1 aliphatic rings. The van der Waals surface area contributed by atoms with Crippen molar-refractivity contribution in [2.24, 2.45) is 0 Å². The van der Waals surface area contributed by atoms with Crippen molar-refractivity contribution in [3.63, 3.8) is 0 Å². The SMILES string of the molecule is O=C([O-])C1Cc2c(OS(=O)(=O)[O-])ccc(OS(=O)(=O)[O-])c2CN1C(=O)CCCCc1cc(OS(=O)(=O)[O-])ccc1OS(=O)(=O)[O-].[Na+].[Na+].[Na+].[Na+].[Na+]. The summed E-state index contributed by atoms with van der Waals surface area (Å²) in [5.74, 6) is -5.28. The molecule has 1 amide bonds. The van der Waals surface area contributed by atoms with Gasteiger partial charge in [0.15, 0.2) is 0 Å². The minimum absolute atomic E-state index is 0. The van der Waals surface area contributed by atoms with Crippen molar-refractivity contribution in [1.82, 2.24) is 4.90 Å². The Morgan fingerprint density at radius 2 is 1.10 bits per heavy atom. The standard InChI is InChI=1S/C21H23NO19S4.5Na/c23-20(4-2-1-3-12-9-13(38-42(26,27)28)5-6-17(12)39-43(29,30)31)22-11-15-14(10-16(22)21(24)25)18(40-44(32,33)34)7-8-19(15)41-45(35,36)37;;;;;/h5-9,16H,1-4,10-11H2,(H,24,25)(H,26,27,28)(H,29,30,31)(H,32,33,34)(H,35,36,37);;;;;/q;5*+1/p-5. The maximum atomic E-state index is 13.1. The molecule has 0 N–H and O–H groups in total. The molecule has 50 heavy (non-hydrogen) atoms. The van der Waals surface area contributed by atoms with Gasteiger partial charge in [0.1, 0.15) is 23.0 Å². The fraction of sp³-hybridized carbons (Fsp3) is 0.333. The summed E-state index contributed by atoms with van der Waals surface area (Å²) in [6.45, 7) is -0.782. The molecular formula is C21H18NNa5O19S4. The number of amides is 1. The third-order valence-corrected chi connectivity index (χ3v) is 7.48. The van der Waals surface area contributed by atoms with Crippen LogP contribution in [0.3, 0.4) is 0 Å². The van der Waals surface area contributed by atoms with Gasteiger partial charge in [0.05, 0.1) is 18.6 Å². The number of hydrogen-bond donors (Lipinski definition) is 0. The van der Waals surface area contributed by atoms with Gasteiger partial charge in [-0.25, -0.2) is 33.7 Å². The Kier molecular flexibility index (Phi) is 25.2. The van der Waals surface area contributed by atoms with Gasteiger partial charge in [-0.15, -0.1) is 0 Å². The van der Waals surface area contributed by atoms with Gasteiger partial charge in [-0.05, 0) is 55.2 Å². The molecule has 0 bridgehead atoms. The summed E-state index contributed by atoms with van der Waals surface area (Å²) < 4.78 is 150. The van der Waals surface area contributed by atoms with Crippen LogP contribution in [0, 0.1) is 0 Å². The number of carbonyl (C=O) groups excluding carboxylic acids is 2. The molecule has 3 rings (SSSR count). The van der Waals surface area contributed by atoms with Crippen LogP contribution in [0.15, 0.2) is 30.3 Å². The number of unbranched alkanes of at least 4 members (excludes halogenated alkanes) is 1. The van der Waals surface area contributed by atoms with E-state index in [0.717, 1.165) is 30.3 Å². The van der Waals surface area contributed by atoms with Crippen molar-refractivity contribution in [3.05, 3.63) is 47.0 Å². The Labute approximate surface area is 398 Å². The van der Waals surface area contributed by atoms with Crippen molar-refractivity contribution >= 4 is 53.5 Å². The zero-order valence-corrected chi connectivity index (χ0v) is 40.3. The summed E-state index contributed by atoms with van der Waals surface area (Å²) in [5, 5.41) is 11.9. The van der Waals surface area contributed by atoms with Crippen LogP contribution in [-0.2, 0) is 70.6 Å². The summed E-state index contributed by atoms with van der Waals surface area (Å²) in [5.41, 5.74) is -0.881. The van der Waals surface area contributed by atoms with Crippen LogP contribution >= 0.6 is 0 Å². The van der Waals surface area contributed by atoms with Gasteiger partial charge in [-0.3, -0.25) is 4.79 Å². The summed E-state index contributed by atoms with van der Waals surface area (Å²) in [4.78, 5) is 25.7. The molecule has 0 radical (unpaired) electrons. The average molecular weight is 832 g/mol. The number of carbonyl (C=O) groups is 2. The average Bonchev–Trinajstić information content (AvgIpc) is 2.85. The number of rotatable bonds is 14. The second kappa shape index (κ2) is 22.7. The first-order valence-corrected chi connectivity index (χ1v) is 17.2. The van der Waals surface area contributed by atoms with Crippen molar-refractivity contribution in [2.45, 2.75) is 44.7 Å². The number of aliphatic carboxylic acids is 1. The van der Waals surface area contributed by atoms with Gasteiger partial charge in [0.2, 0.25) is 5.91 Å². The van der Waals surface area contributed by atoms with Gasteiger partial charge in [0.25, 0.3) is 41.6 Å². The van der Waals surface area contributed by atoms with E-state index in [-0.39, 0.29) is 184 Å². The molecule has 0 saturated heterocycles. The van der Waals surface area contributed by atoms with E-state index in [2.05, 4.69) is 16.7 Å². The zero-order valence-electron chi connectivity index (χ0n) is 27.0. The minimum atomic E-state index is -5.43. The molecule has 29 heteroatoms. The molecule has 0 fully saturated rings. The van der Waals surface area contributed by atoms with Crippen molar-refractivity contribution in [3.8, 4) is 23.0 Å². The Balaban J connectivity index is -0.00000442. The molecule has 1 atom stereocenters. The quantitative estimate of drug-likeness (QED) is 0.0738. The Hall–Kier alpha value is 1.22. The van der Waals surface area contributed by atoms with Crippen LogP contribution in [0.1, 0.15) is 36.0 Å². The van der Waals surface area contributed by atoms with Gasteiger partial charge >= 0.3 is 148 Å². The van der Waals surface area contributed by atoms with E-state index in [4.69, 9.17) is 0 Å². The van der Waals surface area contributed by atoms with Crippen molar-refractivity contribution < 1.29 is 231 Å². The Bertz CT molecular complexity index is 1940. The van der Waals surface area contributed by atoms with Gasteiger partial charge in [0, 0.05) is 24.0 Å². The molecule has 2 aromatic rings. The third-order valence-electron chi connectivity index (χ3n) is 5.93. The first-order chi connectivity index (χ1) is 20.5. The van der Waals surface area contributed by atoms with Gasteiger partial charge in [-0.2, -0.15) is 0 Å². The smallest absolute Gasteiger partial charge is 0.716 e. The second-order valence-electron chi connectivity index (χ2n) is 9.02. The fourth-order valence-corrected chi connectivity index (χ4v) is 5.80. The normalized spacial score (nSPS) is 14.0. The summed E-state index contributed by atoms with van der Waals surface area (Å²) in [6, 6.07) is 2.22.